The van der Waals surface area contributed by atoms with Gasteiger partial charge in [-0.2, -0.15) is 0 Å². The van der Waals surface area contributed by atoms with Gasteiger partial charge in [0.05, 0.1) is 0 Å². The van der Waals surface area contributed by atoms with Crippen LogP contribution in [-0.4, -0.2) is 11.4 Å². The second-order valence-electron chi connectivity index (χ2n) is 2.92. The summed E-state index contributed by atoms with van der Waals surface area (Å²) in [6.07, 6.45) is -1.62. The lowest BCUT2D eigenvalue weighted by molar-refractivity contribution is 0.0579. The number of rotatable bonds is 2. The molecule has 0 amide bonds. The molecule has 5 heteroatoms. The maximum atomic E-state index is 13.0. The van der Waals surface area contributed by atoms with Gasteiger partial charge in [0.25, 0.3) is 6.43 Å². The molecule has 1 aromatic heterocycles. The van der Waals surface area contributed by atoms with Gasteiger partial charge in [-0.25, -0.2) is 13.2 Å². The van der Waals surface area contributed by atoms with Crippen molar-refractivity contribution in [3.05, 3.63) is 29.8 Å². The van der Waals surface area contributed by atoms with E-state index in [1.165, 1.54) is 12.3 Å². The van der Waals surface area contributed by atoms with Crippen molar-refractivity contribution in [2.45, 2.75) is 18.9 Å². The molecule has 1 aromatic rings. The highest BCUT2D eigenvalue weighted by atomic mass is 19.3. The van der Waals surface area contributed by atoms with Gasteiger partial charge in [0.1, 0.15) is 17.1 Å². The Hall–Kier alpha value is -1.10. The van der Waals surface area contributed by atoms with Crippen molar-refractivity contribution in [1.82, 2.24) is 4.98 Å². The van der Waals surface area contributed by atoms with Crippen LogP contribution in [0.3, 0.4) is 0 Å². The molecule has 0 saturated heterocycles. The molecule has 0 aliphatic rings. The van der Waals surface area contributed by atoms with Crippen molar-refractivity contribution >= 4 is 0 Å². The van der Waals surface area contributed by atoms with Crippen molar-refractivity contribution in [1.29, 1.82) is 0 Å². The summed E-state index contributed by atoms with van der Waals surface area (Å²) >= 11 is 0. The lowest BCUT2D eigenvalue weighted by atomic mass is 9.99. The second-order valence-corrected chi connectivity index (χ2v) is 2.92. The third-order valence-corrected chi connectivity index (χ3v) is 1.72. The summed E-state index contributed by atoms with van der Waals surface area (Å²) in [5, 5.41) is 0. The summed E-state index contributed by atoms with van der Waals surface area (Å²) in [4.78, 5) is 3.49. The largest absolute Gasteiger partial charge is 0.316 e. The molecule has 0 aliphatic carbocycles. The lowest BCUT2D eigenvalue weighted by Gasteiger charge is -2.22. The molecule has 13 heavy (non-hydrogen) atoms. The molecule has 0 saturated carbocycles. The normalized spacial score (nSPS) is 15.8. The second kappa shape index (κ2) is 3.33. The Labute approximate surface area is 73.6 Å². The highest BCUT2D eigenvalue weighted by molar-refractivity contribution is 5.17. The Bertz CT molecular complexity index is 299. The maximum absolute atomic E-state index is 13.0. The zero-order chi connectivity index (χ0) is 10.1. The van der Waals surface area contributed by atoms with Crippen molar-refractivity contribution in [2.75, 3.05) is 0 Å². The van der Waals surface area contributed by atoms with Gasteiger partial charge in [0.2, 0.25) is 0 Å². The fourth-order valence-corrected chi connectivity index (χ4v) is 0.885. The molecule has 72 valence electrons. The summed E-state index contributed by atoms with van der Waals surface area (Å²) < 4.78 is 37.7. The summed E-state index contributed by atoms with van der Waals surface area (Å²) in [6, 6.07) is 2.37. The van der Waals surface area contributed by atoms with Crippen LogP contribution in [0.2, 0.25) is 0 Å². The van der Waals surface area contributed by atoms with Crippen LogP contribution in [0.5, 0.6) is 0 Å². The third-order valence-electron chi connectivity index (χ3n) is 1.72. The Kier molecular flexibility index (Phi) is 2.56. The molecule has 0 bridgehead atoms. The first-order valence-corrected chi connectivity index (χ1v) is 3.64. The lowest BCUT2D eigenvalue weighted by Crippen LogP contribution is -2.42. The van der Waals surface area contributed by atoms with Crippen LogP contribution < -0.4 is 5.73 Å². The molecular formula is C8H9F3N2. The quantitative estimate of drug-likeness (QED) is 0.770. The number of halogens is 3. The summed E-state index contributed by atoms with van der Waals surface area (Å²) in [7, 11) is 0. The minimum Gasteiger partial charge on any atom is -0.316 e. The zero-order valence-electron chi connectivity index (χ0n) is 6.97. The van der Waals surface area contributed by atoms with E-state index >= 15 is 0 Å². The van der Waals surface area contributed by atoms with Gasteiger partial charge in [-0.1, -0.05) is 0 Å². The fourth-order valence-electron chi connectivity index (χ4n) is 0.885. The van der Waals surface area contributed by atoms with E-state index in [2.05, 4.69) is 4.98 Å². The molecule has 2 nitrogen and oxygen atoms in total. The maximum Gasteiger partial charge on any atom is 0.261 e. The third kappa shape index (κ3) is 1.80. The topological polar surface area (TPSA) is 38.9 Å². The van der Waals surface area contributed by atoms with Gasteiger partial charge < -0.3 is 5.73 Å². The van der Waals surface area contributed by atoms with E-state index in [0.717, 1.165) is 13.0 Å². The molecule has 0 aliphatic heterocycles. The number of hydrogen-bond acceptors (Lipinski definition) is 2. The summed E-state index contributed by atoms with van der Waals surface area (Å²) in [5.74, 6) is -0.812. The highest BCUT2D eigenvalue weighted by Gasteiger charge is 2.36. The first-order valence-electron chi connectivity index (χ1n) is 3.64. The van der Waals surface area contributed by atoms with Crippen LogP contribution >= 0.6 is 0 Å². The molecule has 1 rings (SSSR count). The summed E-state index contributed by atoms with van der Waals surface area (Å²) in [5.41, 5.74) is 2.78. The van der Waals surface area contributed by atoms with Crippen LogP contribution in [0, 0.1) is 5.82 Å². The van der Waals surface area contributed by atoms with E-state index in [0.29, 0.717) is 0 Å². The van der Waals surface area contributed by atoms with Crippen LogP contribution in [0.1, 0.15) is 12.6 Å². The van der Waals surface area contributed by atoms with Gasteiger partial charge in [-0.3, -0.25) is 4.98 Å². The standard InChI is InChI=1S/C8H9F3N2/c1-8(12,7(10)11)6-5(9)3-2-4-13-6/h2-4,7H,12H2,1H3. The Balaban J connectivity index is 3.14. The monoisotopic (exact) mass is 190 g/mol. The van der Waals surface area contributed by atoms with Crippen LogP contribution in [0.25, 0.3) is 0 Å². The van der Waals surface area contributed by atoms with Crippen LogP contribution in [-0.2, 0) is 5.54 Å². The van der Waals surface area contributed by atoms with Crippen molar-refractivity contribution < 1.29 is 13.2 Å². The average molecular weight is 190 g/mol. The minimum absolute atomic E-state index is 0.412. The predicted octanol–water partition coefficient (Wildman–Crippen LogP) is 1.66. The summed E-state index contributed by atoms with van der Waals surface area (Å²) in [6.45, 7) is 1.04. The Morgan fingerprint density at radius 3 is 2.62 bits per heavy atom. The Morgan fingerprint density at radius 2 is 2.15 bits per heavy atom. The van der Waals surface area contributed by atoms with Crippen LogP contribution in [0.4, 0.5) is 13.2 Å². The fraction of sp³-hybridized carbons (Fsp3) is 0.375. The van der Waals surface area contributed by atoms with E-state index in [9.17, 15) is 13.2 Å². The van der Waals surface area contributed by atoms with E-state index in [1.54, 1.807) is 0 Å². The molecule has 2 N–H and O–H groups in total. The van der Waals surface area contributed by atoms with Gasteiger partial charge >= 0.3 is 0 Å². The highest BCUT2D eigenvalue weighted by Crippen LogP contribution is 2.24. The van der Waals surface area contributed by atoms with Crippen LogP contribution in [0.15, 0.2) is 18.3 Å². The molecule has 1 unspecified atom stereocenters. The van der Waals surface area contributed by atoms with Gasteiger partial charge in [-0.15, -0.1) is 0 Å². The number of alkyl halides is 2. The smallest absolute Gasteiger partial charge is 0.261 e. The first kappa shape index (κ1) is 9.98. The first-order chi connectivity index (χ1) is 5.96. The molecular weight excluding hydrogens is 181 g/mol. The SMILES string of the molecule is CC(N)(c1ncccc1F)C(F)F. The number of hydrogen-bond donors (Lipinski definition) is 1. The molecule has 1 heterocycles. The van der Waals surface area contributed by atoms with E-state index in [1.807, 2.05) is 0 Å². The molecule has 0 spiro atoms. The van der Waals surface area contributed by atoms with Gasteiger partial charge in [0, 0.05) is 6.20 Å². The molecule has 0 aromatic carbocycles. The van der Waals surface area contributed by atoms with Crippen molar-refractivity contribution in [2.24, 2.45) is 5.73 Å². The molecule has 0 radical (unpaired) electrons. The number of nitrogens with two attached hydrogens (primary N) is 1. The average Bonchev–Trinajstić information content (AvgIpc) is 2.04. The Morgan fingerprint density at radius 1 is 1.54 bits per heavy atom. The number of pyridine rings is 1. The predicted molar refractivity (Wildman–Crippen MR) is 41.7 cm³/mol. The molecule has 1 atom stereocenters. The zero-order valence-corrected chi connectivity index (χ0v) is 6.97. The van der Waals surface area contributed by atoms with E-state index in [-0.39, 0.29) is 0 Å². The number of aromatic nitrogens is 1. The minimum atomic E-state index is -2.85. The van der Waals surface area contributed by atoms with Gasteiger partial charge in [-0.05, 0) is 19.1 Å². The van der Waals surface area contributed by atoms with Crippen molar-refractivity contribution in [3.8, 4) is 0 Å². The molecule has 0 fully saturated rings. The van der Waals surface area contributed by atoms with E-state index < -0.39 is 23.5 Å². The van der Waals surface area contributed by atoms with Gasteiger partial charge in [0.15, 0.2) is 0 Å². The van der Waals surface area contributed by atoms with Crippen molar-refractivity contribution in [3.63, 3.8) is 0 Å². The number of nitrogens with zero attached hydrogens (tertiary/aromatic N) is 1. The van der Waals surface area contributed by atoms with E-state index in [4.69, 9.17) is 5.73 Å².